The molecule has 5 nitrogen and oxygen atoms in total. The summed E-state index contributed by atoms with van der Waals surface area (Å²) in [6, 6.07) is 9.14. The predicted octanol–water partition coefficient (Wildman–Crippen LogP) is 5.22. The highest BCUT2D eigenvalue weighted by molar-refractivity contribution is 6.30. The molecule has 34 heavy (non-hydrogen) atoms. The van der Waals surface area contributed by atoms with Gasteiger partial charge in [-0.25, -0.2) is 13.5 Å². The summed E-state index contributed by atoms with van der Waals surface area (Å²) in [4.78, 5) is 14.8. The largest absolute Gasteiger partial charge is 0.434 e. The fourth-order valence-corrected chi connectivity index (χ4v) is 4.17. The van der Waals surface area contributed by atoms with Gasteiger partial charge < -0.3 is 5.32 Å². The molecule has 0 spiro atoms. The van der Waals surface area contributed by atoms with E-state index in [9.17, 15) is 26.7 Å². The number of amides is 1. The molecule has 1 aliphatic heterocycles. The minimum absolute atomic E-state index is 0.0874. The zero-order chi connectivity index (χ0) is 24.5. The van der Waals surface area contributed by atoms with Crippen molar-refractivity contribution < 1.29 is 26.7 Å². The summed E-state index contributed by atoms with van der Waals surface area (Å²) in [5.74, 6) is -2.69. The van der Waals surface area contributed by atoms with Crippen LogP contribution in [-0.2, 0) is 12.7 Å². The summed E-state index contributed by atoms with van der Waals surface area (Å²) < 4.78 is 68.7. The fraction of sp³-hybridized carbons (Fsp3) is 0.304. The second-order valence-electron chi connectivity index (χ2n) is 8.07. The number of rotatable bonds is 5. The number of piperidine rings is 1. The molecular formula is C23H20ClF5N4O. The van der Waals surface area contributed by atoms with Gasteiger partial charge in [0.2, 0.25) is 0 Å². The fourth-order valence-electron chi connectivity index (χ4n) is 3.99. The van der Waals surface area contributed by atoms with Crippen LogP contribution in [0.1, 0.15) is 34.5 Å². The van der Waals surface area contributed by atoms with E-state index in [4.69, 9.17) is 11.6 Å². The average Bonchev–Trinajstić information content (AvgIpc) is 3.24. The third-order valence-electron chi connectivity index (χ3n) is 5.65. The number of hydrogen-bond acceptors (Lipinski definition) is 3. The number of halogens is 6. The van der Waals surface area contributed by atoms with E-state index in [0.717, 1.165) is 18.3 Å². The minimum atomic E-state index is -4.82. The van der Waals surface area contributed by atoms with Gasteiger partial charge in [-0.15, -0.1) is 0 Å². The molecule has 2 heterocycles. The van der Waals surface area contributed by atoms with E-state index >= 15 is 0 Å². The van der Waals surface area contributed by atoms with Crippen LogP contribution in [0.15, 0.2) is 48.7 Å². The number of hydrogen-bond donors (Lipinski definition) is 1. The summed E-state index contributed by atoms with van der Waals surface area (Å²) >= 11 is 5.90. The van der Waals surface area contributed by atoms with E-state index in [1.54, 1.807) is 0 Å². The molecule has 0 saturated carbocycles. The van der Waals surface area contributed by atoms with Gasteiger partial charge in [0.25, 0.3) is 5.91 Å². The van der Waals surface area contributed by atoms with E-state index in [0.29, 0.717) is 42.7 Å². The first-order chi connectivity index (χ1) is 16.1. The van der Waals surface area contributed by atoms with Gasteiger partial charge in [-0.2, -0.15) is 18.3 Å². The SMILES string of the molecule is O=C(NC1CCN(Cc2ccc(F)c(F)c2)CC1)c1cnn(-c2cccc(Cl)c2)c1C(F)(F)F. The number of nitrogens with one attached hydrogen (secondary N) is 1. The molecule has 1 aliphatic rings. The summed E-state index contributed by atoms with van der Waals surface area (Å²) in [5, 5.41) is 6.70. The molecule has 2 aromatic carbocycles. The Hall–Kier alpha value is -2.98. The first-order valence-corrected chi connectivity index (χ1v) is 10.9. The first-order valence-electron chi connectivity index (χ1n) is 10.5. The molecule has 11 heteroatoms. The number of alkyl halides is 3. The van der Waals surface area contributed by atoms with Gasteiger partial charge in [0.15, 0.2) is 17.3 Å². The summed E-state index contributed by atoms with van der Waals surface area (Å²) in [6.45, 7) is 1.48. The van der Waals surface area contributed by atoms with Crippen LogP contribution in [0.2, 0.25) is 5.02 Å². The van der Waals surface area contributed by atoms with Crippen molar-refractivity contribution >= 4 is 17.5 Å². The van der Waals surface area contributed by atoms with Gasteiger partial charge >= 0.3 is 6.18 Å². The highest BCUT2D eigenvalue weighted by Gasteiger charge is 2.41. The Morgan fingerprint density at radius 1 is 1.09 bits per heavy atom. The first kappa shape index (κ1) is 24.2. The highest BCUT2D eigenvalue weighted by atomic mass is 35.5. The third-order valence-corrected chi connectivity index (χ3v) is 5.88. The van der Waals surface area contributed by atoms with Crippen LogP contribution < -0.4 is 5.32 Å². The van der Waals surface area contributed by atoms with Crippen LogP contribution in [0.25, 0.3) is 5.69 Å². The number of aromatic nitrogens is 2. The normalized spacial score (nSPS) is 15.5. The van der Waals surface area contributed by atoms with Gasteiger partial charge in [0, 0.05) is 30.7 Å². The lowest BCUT2D eigenvalue weighted by atomic mass is 10.0. The van der Waals surface area contributed by atoms with Crippen LogP contribution >= 0.6 is 11.6 Å². The molecule has 1 N–H and O–H groups in total. The average molecular weight is 499 g/mol. The second kappa shape index (κ2) is 9.71. The Morgan fingerprint density at radius 2 is 1.82 bits per heavy atom. The molecule has 4 rings (SSSR count). The molecule has 0 aliphatic carbocycles. The van der Waals surface area contributed by atoms with Crippen molar-refractivity contribution in [3.8, 4) is 5.69 Å². The Kier molecular flexibility index (Phi) is 6.90. The number of likely N-dealkylation sites (tertiary alicyclic amines) is 1. The maximum absolute atomic E-state index is 13.8. The Bertz CT molecular complexity index is 1190. The molecule has 1 aromatic heterocycles. The minimum Gasteiger partial charge on any atom is -0.349 e. The van der Waals surface area contributed by atoms with E-state index in [-0.39, 0.29) is 16.8 Å². The molecule has 0 radical (unpaired) electrons. The third kappa shape index (κ3) is 5.39. The van der Waals surface area contributed by atoms with Crippen LogP contribution in [0.4, 0.5) is 22.0 Å². The van der Waals surface area contributed by atoms with Crippen molar-refractivity contribution in [3.05, 3.63) is 82.1 Å². The van der Waals surface area contributed by atoms with Crippen molar-refractivity contribution in [2.45, 2.75) is 31.6 Å². The van der Waals surface area contributed by atoms with Crippen LogP contribution in [-0.4, -0.2) is 39.7 Å². The van der Waals surface area contributed by atoms with Gasteiger partial charge in [-0.3, -0.25) is 9.69 Å². The van der Waals surface area contributed by atoms with Gasteiger partial charge in [-0.1, -0.05) is 23.7 Å². The quantitative estimate of drug-likeness (QED) is 0.491. The molecular weight excluding hydrogens is 479 g/mol. The monoisotopic (exact) mass is 498 g/mol. The molecule has 180 valence electrons. The smallest absolute Gasteiger partial charge is 0.349 e. The topological polar surface area (TPSA) is 50.2 Å². The van der Waals surface area contributed by atoms with Gasteiger partial charge in [0.05, 0.1) is 17.4 Å². The van der Waals surface area contributed by atoms with Crippen LogP contribution in [0.3, 0.4) is 0 Å². The highest BCUT2D eigenvalue weighted by Crippen LogP contribution is 2.34. The van der Waals surface area contributed by atoms with Crippen molar-refractivity contribution in [1.29, 1.82) is 0 Å². The van der Waals surface area contributed by atoms with Gasteiger partial charge in [-0.05, 0) is 48.7 Å². The van der Waals surface area contributed by atoms with E-state index < -0.39 is 35.0 Å². The van der Waals surface area contributed by atoms with E-state index in [2.05, 4.69) is 10.4 Å². The molecule has 1 fully saturated rings. The standard InChI is InChI=1S/C23H20ClF5N4O/c24-15-2-1-3-17(11-15)33-21(23(27,28)29)18(12-30-33)22(34)31-16-6-8-32(9-7-16)13-14-4-5-19(25)20(26)10-14/h1-5,10-12,16H,6-9,13H2,(H,31,34). The zero-order valence-corrected chi connectivity index (χ0v) is 18.5. The molecule has 1 saturated heterocycles. The Labute approximate surface area is 197 Å². The van der Waals surface area contributed by atoms with Crippen LogP contribution in [0, 0.1) is 11.6 Å². The predicted molar refractivity (Wildman–Crippen MR) is 116 cm³/mol. The molecule has 1 amide bonds. The summed E-state index contributed by atoms with van der Waals surface area (Å²) in [6.07, 6.45) is -2.92. The number of carbonyl (C=O) groups is 1. The lowest BCUT2D eigenvalue weighted by Gasteiger charge is -2.32. The Morgan fingerprint density at radius 3 is 2.47 bits per heavy atom. The summed E-state index contributed by atoms with van der Waals surface area (Å²) in [5.41, 5.74) is -1.05. The van der Waals surface area contributed by atoms with Crippen molar-refractivity contribution in [2.75, 3.05) is 13.1 Å². The van der Waals surface area contributed by atoms with E-state index in [1.165, 1.54) is 30.3 Å². The van der Waals surface area contributed by atoms with Crippen molar-refractivity contribution in [1.82, 2.24) is 20.0 Å². The van der Waals surface area contributed by atoms with Crippen molar-refractivity contribution in [2.24, 2.45) is 0 Å². The van der Waals surface area contributed by atoms with Crippen LogP contribution in [0.5, 0.6) is 0 Å². The lowest BCUT2D eigenvalue weighted by Crippen LogP contribution is -2.44. The summed E-state index contributed by atoms with van der Waals surface area (Å²) in [7, 11) is 0. The van der Waals surface area contributed by atoms with Gasteiger partial charge in [0.1, 0.15) is 0 Å². The molecule has 3 aromatic rings. The Balaban J connectivity index is 1.43. The maximum Gasteiger partial charge on any atom is 0.434 e. The number of nitrogens with zero attached hydrogens (tertiary/aromatic N) is 3. The van der Waals surface area contributed by atoms with E-state index in [1.807, 2.05) is 4.90 Å². The maximum atomic E-state index is 13.8. The molecule has 0 atom stereocenters. The number of carbonyl (C=O) groups excluding carboxylic acids is 1. The molecule has 0 bridgehead atoms. The van der Waals surface area contributed by atoms with Crippen molar-refractivity contribution in [3.63, 3.8) is 0 Å². The number of benzene rings is 2. The molecule has 0 unspecified atom stereocenters. The zero-order valence-electron chi connectivity index (χ0n) is 17.7. The lowest BCUT2D eigenvalue weighted by molar-refractivity contribution is -0.143. The second-order valence-corrected chi connectivity index (χ2v) is 8.51.